The monoisotopic (exact) mass is 325 g/mol. The van der Waals surface area contributed by atoms with Gasteiger partial charge in [-0.1, -0.05) is 40.1 Å². The van der Waals surface area contributed by atoms with Gasteiger partial charge in [0.1, 0.15) is 5.75 Å². The van der Waals surface area contributed by atoms with Crippen molar-refractivity contribution >= 4 is 27.5 Å². The van der Waals surface area contributed by atoms with Crippen molar-refractivity contribution < 1.29 is 9.90 Å². The number of unbranched alkanes of at least 4 members (excludes halogenated alkanes) is 1. The van der Waals surface area contributed by atoms with Crippen LogP contribution in [0.4, 0.5) is 0 Å². The predicted molar refractivity (Wildman–Crippen MR) is 91.7 cm³/mol. The summed E-state index contributed by atoms with van der Waals surface area (Å²) in [5.74, 6) is 1.72. The molecule has 1 aliphatic heterocycles. The molecule has 0 unspecified atom stereocenters. The molecule has 0 saturated carbocycles. The summed E-state index contributed by atoms with van der Waals surface area (Å²) in [5, 5.41) is 13.0. The Bertz CT molecular complexity index is 430. The number of aromatic hydroxyl groups is 1. The summed E-state index contributed by atoms with van der Waals surface area (Å²) >= 11 is 0. The van der Waals surface area contributed by atoms with E-state index in [9.17, 15) is 9.90 Å². The van der Waals surface area contributed by atoms with Gasteiger partial charge in [0.2, 0.25) is 5.91 Å². The van der Waals surface area contributed by atoms with Crippen molar-refractivity contribution in [3.05, 3.63) is 29.8 Å². The van der Waals surface area contributed by atoms with Gasteiger partial charge in [-0.25, -0.2) is 0 Å². The molecule has 1 atom stereocenters. The van der Waals surface area contributed by atoms with E-state index in [4.69, 9.17) is 0 Å². The molecule has 1 aromatic rings. The lowest BCUT2D eigenvalue weighted by Gasteiger charge is -2.07. The van der Waals surface area contributed by atoms with E-state index in [1.54, 1.807) is 12.1 Å². The van der Waals surface area contributed by atoms with Gasteiger partial charge < -0.3 is 10.4 Å². The maximum atomic E-state index is 11.7. The van der Waals surface area contributed by atoms with E-state index in [1.165, 1.54) is 18.6 Å². The molecule has 1 aliphatic rings. The van der Waals surface area contributed by atoms with Gasteiger partial charge in [0.05, 0.1) is 0 Å². The molecule has 116 valence electrons. The Morgan fingerprint density at radius 1 is 1.29 bits per heavy atom. The second kappa shape index (κ2) is 9.26. The van der Waals surface area contributed by atoms with Crippen LogP contribution in [-0.4, -0.2) is 28.6 Å². The third-order valence-electron chi connectivity index (χ3n) is 3.58. The molecule has 1 heterocycles. The zero-order valence-electron chi connectivity index (χ0n) is 12.2. The SMILES string of the molecule is O=C(CCCC[C@H]1CCSS1)NCCc1ccc(O)cc1. The van der Waals surface area contributed by atoms with Crippen LogP contribution in [0.1, 0.15) is 37.7 Å². The molecule has 5 heteroatoms. The lowest BCUT2D eigenvalue weighted by atomic mass is 10.1. The Balaban J connectivity index is 1.50. The molecule has 21 heavy (non-hydrogen) atoms. The maximum absolute atomic E-state index is 11.7. The summed E-state index contributed by atoms with van der Waals surface area (Å²) in [4.78, 5) is 11.7. The van der Waals surface area contributed by atoms with Crippen LogP contribution in [0.2, 0.25) is 0 Å². The van der Waals surface area contributed by atoms with Crippen molar-refractivity contribution in [2.45, 2.75) is 43.8 Å². The standard InChI is InChI=1S/C16H23NO2S2/c18-14-7-5-13(6-8-14)9-11-17-16(19)4-2-1-3-15-10-12-20-21-15/h5-8,15,18H,1-4,9-12H2,(H,17,19)/t15-/m0/s1. The summed E-state index contributed by atoms with van der Waals surface area (Å²) in [6, 6.07) is 7.13. The van der Waals surface area contributed by atoms with Gasteiger partial charge in [0.15, 0.2) is 0 Å². The number of benzene rings is 1. The Kier molecular flexibility index (Phi) is 7.30. The number of hydrogen-bond acceptors (Lipinski definition) is 4. The predicted octanol–water partition coefficient (Wildman–Crippen LogP) is 3.77. The number of carbonyl (C=O) groups is 1. The first-order valence-corrected chi connectivity index (χ1v) is 9.95. The zero-order chi connectivity index (χ0) is 14.9. The smallest absolute Gasteiger partial charge is 0.220 e. The number of hydrogen-bond donors (Lipinski definition) is 2. The van der Waals surface area contributed by atoms with Crippen molar-refractivity contribution in [3.8, 4) is 5.75 Å². The average molecular weight is 325 g/mol. The fourth-order valence-electron chi connectivity index (χ4n) is 2.32. The molecule has 0 bridgehead atoms. The highest BCUT2D eigenvalue weighted by Crippen LogP contribution is 2.39. The van der Waals surface area contributed by atoms with Crippen LogP contribution in [0, 0.1) is 0 Å². The van der Waals surface area contributed by atoms with Crippen LogP contribution < -0.4 is 5.32 Å². The molecule has 0 radical (unpaired) electrons. The van der Waals surface area contributed by atoms with E-state index in [2.05, 4.69) is 5.32 Å². The minimum atomic E-state index is 0.155. The molecule has 2 rings (SSSR count). The Hall–Kier alpha value is -0.810. The van der Waals surface area contributed by atoms with Crippen molar-refractivity contribution in [1.82, 2.24) is 5.32 Å². The minimum Gasteiger partial charge on any atom is -0.508 e. The van der Waals surface area contributed by atoms with E-state index in [1.807, 2.05) is 33.7 Å². The maximum Gasteiger partial charge on any atom is 0.220 e. The van der Waals surface area contributed by atoms with Crippen LogP contribution in [0.3, 0.4) is 0 Å². The summed E-state index contributed by atoms with van der Waals surface area (Å²) < 4.78 is 0. The molecule has 1 fully saturated rings. The number of rotatable bonds is 8. The molecule has 0 aromatic heterocycles. The molecule has 0 aliphatic carbocycles. The van der Waals surface area contributed by atoms with Gasteiger partial charge in [-0.2, -0.15) is 0 Å². The van der Waals surface area contributed by atoms with E-state index >= 15 is 0 Å². The van der Waals surface area contributed by atoms with E-state index in [0.29, 0.717) is 13.0 Å². The van der Waals surface area contributed by atoms with E-state index in [-0.39, 0.29) is 11.7 Å². The topological polar surface area (TPSA) is 49.3 Å². The molecular formula is C16H23NO2S2. The molecule has 1 saturated heterocycles. The summed E-state index contributed by atoms with van der Waals surface area (Å²) in [6.07, 6.45) is 6.17. The van der Waals surface area contributed by atoms with Crippen LogP contribution >= 0.6 is 21.6 Å². The normalized spacial score (nSPS) is 17.8. The number of nitrogens with one attached hydrogen (secondary N) is 1. The Labute approximate surface area is 134 Å². The highest BCUT2D eigenvalue weighted by Gasteiger charge is 2.15. The molecule has 3 nitrogen and oxygen atoms in total. The lowest BCUT2D eigenvalue weighted by Crippen LogP contribution is -2.25. The van der Waals surface area contributed by atoms with Crippen molar-refractivity contribution in [2.24, 2.45) is 0 Å². The van der Waals surface area contributed by atoms with Crippen molar-refractivity contribution in [3.63, 3.8) is 0 Å². The Morgan fingerprint density at radius 3 is 2.81 bits per heavy atom. The Morgan fingerprint density at radius 2 is 2.10 bits per heavy atom. The zero-order valence-corrected chi connectivity index (χ0v) is 13.8. The van der Waals surface area contributed by atoms with E-state index in [0.717, 1.165) is 30.1 Å². The first-order chi connectivity index (χ1) is 10.2. The fourth-order valence-corrected chi connectivity index (χ4v) is 5.35. The average Bonchev–Trinajstić information content (AvgIpc) is 2.99. The first kappa shape index (κ1) is 16.6. The first-order valence-electron chi connectivity index (χ1n) is 7.57. The highest BCUT2D eigenvalue weighted by molar-refractivity contribution is 8.77. The minimum absolute atomic E-state index is 0.155. The summed E-state index contributed by atoms with van der Waals surface area (Å²) in [6.45, 7) is 0.665. The number of phenolic OH excluding ortho intramolecular Hbond substituents is 1. The van der Waals surface area contributed by atoms with Gasteiger partial charge in [-0.05, 0) is 43.4 Å². The summed E-state index contributed by atoms with van der Waals surface area (Å²) in [7, 11) is 3.99. The van der Waals surface area contributed by atoms with Gasteiger partial charge in [0.25, 0.3) is 0 Å². The summed E-state index contributed by atoms with van der Waals surface area (Å²) in [5.41, 5.74) is 1.13. The quantitative estimate of drug-likeness (QED) is 0.564. The van der Waals surface area contributed by atoms with Crippen LogP contribution in [0.5, 0.6) is 5.75 Å². The third kappa shape index (κ3) is 6.66. The van der Waals surface area contributed by atoms with E-state index < -0.39 is 0 Å². The van der Waals surface area contributed by atoms with Gasteiger partial charge in [-0.3, -0.25) is 4.79 Å². The largest absolute Gasteiger partial charge is 0.508 e. The number of amides is 1. The molecule has 0 spiro atoms. The highest BCUT2D eigenvalue weighted by atomic mass is 33.1. The second-order valence-electron chi connectivity index (χ2n) is 5.34. The van der Waals surface area contributed by atoms with Crippen molar-refractivity contribution in [1.29, 1.82) is 0 Å². The molecular weight excluding hydrogens is 302 g/mol. The van der Waals surface area contributed by atoms with Crippen molar-refractivity contribution in [2.75, 3.05) is 12.3 Å². The molecule has 1 amide bonds. The van der Waals surface area contributed by atoms with Gasteiger partial charge >= 0.3 is 0 Å². The van der Waals surface area contributed by atoms with Gasteiger partial charge in [0, 0.05) is 24.0 Å². The van der Waals surface area contributed by atoms with Crippen LogP contribution in [0.15, 0.2) is 24.3 Å². The second-order valence-corrected chi connectivity index (χ2v) is 8.13. The van der Waals surface area contributed by atoms with Crippen LogP contribution in [-0.2, 0) is 11.2 Å². The van der Waals surface area contributed by atoms with Crippen LogP contribution in [0.25, 0.3) is 0 Å². The molecule has 1 aromatic carbocycles. The fraction of sp³-hybridized carbons (Fsp3) is 0.562. The van der Waals surface area contributed by atoms with Gasteiger partial charge in [-0.15, -0.1) is 0 Å². The number of phenols is 1. The number of carbonyl (C=O) groups excluding carboxylic acids is 1. The molecule has 2 N–H and O–H groups in total. The lowest BCUT2D eigenvalue weighted by molar-refractivity contribution is -0.121. The third-order valence-corrected chi connectivity index (χ3v) is 6.59.